The highest BCUT2D eigenvalue weighted by atomic mass is 31.2. The van der Waals surface area contributed by atoms with Crippen molar-refractivity contribution in [3.05, 3.63) is 0 Å². The van der Waals surface area contributed by atoms with Crippen molar-refractivity contribution >= 4 is 7.82 Å². The van der Waals surface area contributed by atoms with Gasteiger partial charge in [-0.2, -0.15) is 0 Å². The molecule has 1 atom stereocenters. The molecule has 0 aromatic carbocycles. The van der Waals surface area contributed by atoms with Gasteiger partial charge in [-0.3, -0.25) is 4.52 Å². The lowest BCUT2D eigenvalue weighted by molar-refractivity contribution is -0.709. The monoisotopic (exact) mass is 444 g/mol. The third-order valence-corrected chi connectivity index (χ3v) is 4.92. The molecule has 0 bridgehead atoms. The smallest absolute Gasteiger partial charge is 0.303 e. The van der Waals surface area contributed by atoms with Gasteiger partial charge >= 0.3 is 7.82 Å². The van der Waals surface area contributed by atoms with Gasteiger partial charge in [0.2, 0.25) is 0 Å². The molecule has 2 N–H and O–H groups in total. The van der Waals surface area contributed by atoms with Crippen molar-refractivity contribution in [1.29, 1.82) is 0 Å². The Morgan fingerprint density at radius 3 is 1.69 bits per heavy atom. The van der Waals surface area contributed by atoms with Crippen LogP contribution in [0.1, 0.15) is 97.8 Å². The highest BCUT2D eigenvalue weighted by Crippen LogP contribution is 2.37. The van der Waals surface area contributed by atoms with Crippen molar-refractivity contribution in [2.45, 2.75) is 104 Å². The van der Waals surface area contributed by atoms with E-state index in [-0.39, 0.29) is 6.61 Å². The van der Waals surface area contributed by atoms with Gasteiger partial charge in [0.25, 0.3) is 0 Å². The van der Waals surface area contributed by atoms with Gasteiger partial charge in [0, 0.05) is 0 Å². The van der Waals surface area contributed by atoms with Crippen LogP contribution in [0.4, 0.5) is 0 Å². The normalized spacial score (nSPS) is 13.3. The van der Waals surface area contributed by atoms with Gasteiger partial charge in [-0.1, -0.05) is 84.5 Å². The molecule has 0 fully saturated rings. The van der Waals surface area contributed by atoms with Crippen molar-refractivity contribution in [2.24, 2.45) is 5.92 Å². The van der Waals surface area contributed by atoms with Crippen molar-refractivity contribution in [3.63, 3.8) is 0 Å². The van der Waals surface area contributed by atoms with Crippen molar-refractivity contribution in [1.82, 2.24) is 0 Å². The third-order valence-electron chi connectivity index (χ3n) is 4.28. The molecule has 176 valence electrons. The van der Waals surface area contributed by atoms with Gasteiger partial charge in [0.1, 0.15) is 6.61 Å². The van der Waals surface area contributed by atoms with E-state index in [1.807, 2.05) is 0 Å². The number of hydrogen-bond donors (Lipinski definition) is 2. The van der Waals surface area contributed by atoms with Gasteiger partial charge in [0.15, 0.2) is 0 Å². The zero-order valence-corrected chi connectivity index (χ0v) is 19.1. The summed E-state index contributed by atoms with van der Waals surface area (Å²) in [4.78, 5) is 26.4. The molecule has 0 saturated carbocycles. The van der Waals surface area contributed by atoms with Crippen LogP contribution in [0.15, 0.2) is 0 Å². The van der Waals surface area contributed by atoms with Crippen LogP contribution in [0.5, 0.6) is 0 Å². The van der Waals surface area contributed by atoms with Crippen molar-refractivity contribution < 1.29 is 43.8 Å². The number of unbranched alkanes of at least 4 members (excludes halogenated alkanes) is 10. The maximum absolute atomic E-state index is 10.6. The molecule has 0 rings (SSSR count). The van der Waals surface area contributed by atoms with E-state index in [2.05, 4.69) is 38.4 Å². The second-order valence-electron chi connectivity index (χ2n) is 7.79. The standard InChI is InChI=1S/C19H41O9P/c1-18(2)15-13-11-9-7-5-4-6-8-10-12-14-16-23-26-28-27-24-17-19(3)25-29(20,21)22/h18-19H,4-17H2,1-3H3,(H2,20,21,22). The lowest BCUT2D eigenvalue weighted by atomic mass is 10.0. The molecule has 9 nitrogen and oxygen atoms in total. The Kier molecular flexibility index (Phi) is 19.8. The molecule has 0 aromatic rings. The minimum atomic E-state index is -4.55. The van der Waals surface area contributed by atoms with Crippen LogP contribution in [0.3, 0.4) is 0 Å². The first-order valence-electron chi connectivity index (χ1n) is 10.8. The van der Waals surface area contributed by atoms with E-state index in [9.17, 15) is 4.57 Å². The van der Waals surface area contributed by atoms with E-state index in [0.717, 1.165) is 18.8 Å². The van der Waals surface area contributed by atoms with Crippen LogP contribution in [0.25, 0.3) is 0 Å². The van der Waals surface area contributed by atoms with Crippen molar-refractivity contribution in [2.75, 3.05) is 13.2 Å². The summed E-state index contributed by atoms with van der Waals surface area (Å²) in [5, 5.41) is 12.6. The second-order valence-corrected chi connectivity index (χ2v) is 8.98. The minimum absolute atomic E-state index is 0.257. The molecule has 0 spiro atoms. The molecular weight excluding hydrogens is 403 g/mol. The van der Waals surface area contributed by atoms with Crippen LogP contribution in [-0.2, 0) is 34.0 Å². The number of hydrogen-bond acceptors (Lipinski definition) is 7. The fourth-order valence-electron chi connectivity index (χ4n) is 2.78. The summed E-state index contributed by atoms with van der Waals surface area (Å²) in [6, 6.07) is 0. The average molecular weight is 445 g/mol. The van der Waals surface area contributed by atoms with Crippen molar-refractivity contribution in [3.8, 4) is 0 Å². The van der Waals surface area contributed by atoms with E-state index in [4.69, 9.17) is 14.7 Å². The lowest BCUT2D eigenvalue weighted by Crippen LogP contribution is -2.15. The first-order valence-corrected chi connectivity index (χ1v) is 12.3. The largest absolute Gasteiger partial charge is 0.469 e. The van der Waals surface area contributed by atoms with E-state index >= 15 is 0 Å². The van der Waals surface area contributed by atoms with Gasteiger partial charge < -0.3 is 9.79 Å². The molecule has 0 heterocycles. The first-order chi connectivity index (χ1) is 13.8. The molecule has 0 radical (unpaired) electrons. The van der Waals surface area contributed by atoms with E-state index in [1.165, 1.54) is 71.1 Å². The number of phosphoric acid groups is 1. The van der Waals surface area contributed by atoms with Crippen LogP contribution in [-0.4, -0.2) is 29.1 Å². The Hall–Kier alpha value is -0.0900. The third kappa shape index (κ3) is 25.9. The Bertz CT molecular complexity index is 390. The summed E-state index contributed by atoms with van der Waals surface area (Å²) in [5.41, 5.74) is 0. The predicted molar refractivity (Wildman–Crippen MR) is 108 cm³/mol. The topological polar surface area (TPSA) is 113 Å². The molecular formula is C19H41O9P. The van der Waals surface area contributed by atoms with Crippen LogP contribution in [0.2, 0.25) is 0 Å². The van der Waals surface area contributed by atoms with Crippen LogP contribution >= 0.6 is 7.82 Å². The minimum Gasteiger partial charge on any atom is -0.303 e. The highest BCUT2D eigenvalue weighted by Gasteiger charge is 2.19. The molecule has 0 aliphatic carbocycles. The zero-order valence-electron chi connectivity index (χ0n) is 18.3. The fraction of sp³-hybridized carbons (Fsp3) is 1.00. The van der Waals surface area contributed by atoms with Gasteiger partial charge in [-0.25, -0.2) is 14.3 Å². The molecule has 0 aliphatic heterocycles. The Morgan fingerprint density at radius 1 is 0.690 bits per heavy atom. The zero-order chi connectivity index (χ0) is 21.8. The molecule has 29 heavy (non-hydrogen) atoms. The number of rotatable bonds is 22. The predicted octanol–water partition coefficient (Wildman–Crippen LogP) is 5.56. The Morgan fingerprint density at radius 2 is 1.17 bits per heavy atom. The Labute approximate surface area is 175 Å². The summed E-state index contributed by atoms with van der Waals surface area (Å²) < 4.78 is 14.9. The average Bonchev–Trinajstić information content (AvgIpc) is 2.62. The Balaban J connectivity index is 3.13. The van der Waals surface area contributed by atoms with Gasteiger partial charge in [-0.15, -0.1) is 0 Å². The summed E-state index contributed by atoms with van der Waals surface area (Å²) >= 11 is 0. The fourth-order valence-corrected chi connectivity index (χ4v) is 3.31. The van der Waals surface area contributed by atoms with E-state index in [1.54, 1.807) is 0 Å². The van der Waals surface area contributed by atoms with E-state index < -0.39 is 13.9 Å². The first kappa shape index (κ1) is 28.9. The molecule has 0 amide bonds. The molecule has 10 heteroatoms. The summed E-state index contributed by atoms with van der Waals surface area (Å²) in [5.74, 6) is 0.834. The lowest BCUT2D eigenvalue weighted by Gasteiger charge is -2.11. The number of phosphoric ester groups is 1. The molecule has 1 unspecified atom stereocenters. The summed E-state index contributed by atoms with van der Waals surface area (Å²) in [7, 11) is -4.55. The summed E-state index contributed by atoms with van der Waals surface area (Å²) in [6.45, 7) is 6.09. The highest BCUT2D eigenvalue weighted by molar-refractivity contribution is 7.46. The molecule has 0 aliphatic rings. The van der Waals surface area contributed by atoms with Gasteiger partial charge in [-0.05, 0) is 34.4 Å². The van der Waals surface area contributed by atoms with Crippen LogP contribution < -0.4 is 0 Å². The molecule has 0 aromatic heterocycles. The summed E-state index contributed by atoms with van der Waals surface area (Å²) in [6.07, 6.45) is 14.3. The van der Waals surface area contributed by atoms with Crippen LogP contribution in [0, 0.1) is 5.92 Å². The van der Waals surface area contributed by atoms with E-state index in [0.29, 0.717) is 6.61 Å². The molecule has 0 saturated heterocycles. The maximum atomic E-state index is 10.6. The maximum Gasteiger partial charge on any atom is 0.469 e. The quantitative estimate of drug-likeness (QED) is 0.0958. The SMILES string of the molecule is CC(C)CCCCCCCCCCCCCOOOOOCC(C)OP(=O)(O)O. The second kappa shape index (κ2) is 19.8. The van der Waals surface area contributed by atoms with Gasteiger partial charge in [0.05, 0.1) is 12.7 Å².